The third kappa shape index (κ3) is 5.15. The molecule has 1 aliphatic heterocycles. The number of para-hydroxylation sites is 2. The number of anilines is 1. The molecular formula is C16H21N3O5. The number of carboxylic acids is 1. The van der Waals surface area contributed by atoms with Crippen molar-refractivity contribution in [3.05, 3.63) is 24.3 Å². The van der Waals surface area contributed by atoms with Crippen molar-refractivity contribution in [2.24, 2.45) is 0 Å². The van der Waals surface area contributed by atoms with Gasteiger partial charge < -0.3 is 25.4 Å². The van der Waals surface area contributed by atoms with E-state index in [1.54, 1.807) is 4.90 Å². The maximum Gasteiger partial charge on any atom is 0.314 e. The van der Waals surface area contributed by atoms with Crippen molar-refractivity contribution in [1.29, 1.82) is 0 Å². The molecule has 1 aliphatic rings. The fourth-order valence-electron chi connectivity index (χ4n) is 2.34. The van der Waals surface area contributed by atoms with Crippen molar-refractivity contribution in [2.75, 3.05) is 31.1 Å². The number of benzene rings is 1. The number of carbonyl (C=O) groups excluding carboxylic acids is 2. The SMILES string of the molecule is O=C(O)CCCNC(=O)NCCCN1C(=O)COc2ccccc21. The van der Waals surface area contributed by atoms with Gasteiger partial charge in [0.05, 0.1) is 5.69 Å². The van der Waals surface area contributed by atoms with E-state index >= 15 is 0 Å². The van der Waals surface area contributed by atoms with Gasteiger partial charge in [0, 0.05) is 26.1 Å². The summed E-state index contributed by atoms with van der Waals surface area (Å²) in [7, 11) is 0. The first-order valence-electron chi connectivity index (χ1n) is 7.83. The second-order valence-electron chi connectivity index (χ2n) is 5.34. The number of nitrogens with zero attached hydrogens (tertiary/aromatic N) is 1. The Labute approximate surface area is 139 Å². The molecule has 0 unspecified atom stereocenters. The molecule has 0 bridgehead atoms. The highest BCUT2D eigenvalue weighted by atomic mass is 16.5. The number of fused-ring (bicyclic) bond motifs is 1. The molecule has 3 N–H and O–H groups in total. The Morgan fingerprint density at radius 1 is 1.17 bits per heavy atom. The van der Waals surface area contributed by atoms with E-state index < -0.39 is 5.97 Å². The van der Waals surface area contributed by atoms with Gasteiger partial charge in [0.25, 0.3) is 5.91 Å². The fourth-order valence-corrected chi connectivity index (χ4v) is 2.34. The highest BCUT2D eigenvalue weighted by Crippen LogP contribution is 2.31. The molecule has 0 saturated carbocycles. The number of hydrogen-bond donors (Lipinski definition) is 3. The summed E-state index contributed by atoms with van der Waals surface area (Å²) in [6.45, 7) is 1.23. The summed E-state index contributed by atoms with van der Waals surface area (Å²) in [5.74, 6) is -0.305. The molecule has 0 fully saturated rings. The van der Waals surface area contributed by atoms with Gasteiger partial charge in [0.1, 0.15) is 5.75 Å². The van der Waals surface area contributed by atoms with Gasteiger partial charge in [-0.2, -0.15) is 0 Å². The summed E-state index contributed by atoms with van der Waals surface area (Å²) in [5, 5.41) is 13.8. The van der Waals surface area contributed by atoms with E-state index in [2.05, 4.69) is 10.6 Å². The molecule has 0 radical (unpaired) electrons. The Bertz CT molecular complexity index is 605. The Kier molecular flexibility index (Phi) is 6.41. The van der Waals surface area contributed by atoms with Crippen LogP contribution in [0.4, 0.5) is 10.5 Å². The average Bonchev–Trinajstić information content (AvgIpc) is 2.57. The van der Waals surface area contributed by atoms with Crippen LogP contribution in [0.5, 0.6) is 5.75 Å². The third-order valence-electron chi connectivity index (χ3n) is 3.51. The molecule has 1 aromatic carbocycles. The summed E-state index contributed by atoms with van der Waals surface area (Å²) in [6.07, 6.45) is 1.02. The lowest BCUT2D eigenvalue weighted by atomic mass is 10.2. The Morgan fingerprint density at radius 3 is 2.62 bits per heavy atom. The zero-order chi connectivity index (χ0) is 17.4. The lowest BCUT2D eigenvalue weighted by molar-refractivity contribution is -0.137. The molecule has 1 aromatic rings. The van der Waals surface area contributed by atoms with Crippen LogP contribution in [-0.4, -0.2) is 49.3 Å². The van der Waals surface area contributed by atoms with Crippen LogP contribution in [0.25, 0.3) is 0 Å². The number of carboxylic acid groups (broad SMARTS) is 1. The predicted molar refractivity (Wildman–Crippen MR) is 87.2 cm³/mol. The molecule has 2 rings (SSSR count). The monoisotopic (exact) mass is 335 g/mol. The highest BCUT2D eigenvalue weighted by molar-refractivity contribution is 5.97. The van der Waals surface area contributed by atoms with Crippen molar-refractivity contribution in [1.82, 2.24) is 10.6 Å². The van der Waals surface area contributed by atoms with Gasteiger partial charge in [-0.25, -0.2) is 4.79 Å². The molecule has 0 atom stereocenters. The molecule has 0 spiro atoms. The summed E-state index contributed by atoms with van der Waals surface area (Å²) in [6, 6.07) is 7.00. The minimum Gasteiger partial charge on any atom is -0.482 e. The Morgan fingerprint density at radius 2 is 1.88 bits per heavy atom. The maximum atomic E-state index is 12.0. The van der Waals surface area contributed by atoms with E-state index in [-0.39, 0.29) is 25.0 Å². The van der Waals surface area contributed by atoms with Gasteiger partial charge in [0.2, 0.25) is 0 Å². The molecule has 130 valence electrons. The molecule has 8 nitrogen and oxygen atoms in total. The lowest BCUT2D eigenvalue weighted by Gasteiger charge is -2.29. The average molecular weight is 335 g/mol. The van der Waals surface area contributed by atoms with E-state index in [4.69, 9.17) is 9.84 Å². The largest absolute Gasteiger partial charge is 0.482 e. The topological polar surface area (TPSA) is 108 Å². The zero-order valence-corrected chi connectivity index (χ0v) is 13.3. The van der Waals surface area contributed by atoms with E-state index in [1.807, 2.05) is 24.3 Å². The maximum absolute atomic E-state index is 12.0. The first-order valence-corrected chi connectivity index (χ1v) is 7.83. The van der Waals surface area contributed by atoms with Gasteiger partial charge in [-0.3, -0.25) is 9.59 Å². The summed E-state index contributed by atoms with van der Waals surface area (Å²) >= 11 is 0. The molecule has 3 amide bonds. The number of ether oxygens (including phenoxy) is 1. The number of nitrogens with one attached hydrogen (secondary N) is 2. The van der Waals surface area contributed by atoms with Crippen LogP contribution in [0.15, 0.2) is 24.3 Å². The fraction of sp³-hybridized carbons (Fsp3) is 0.438. The molecule has 8 heteroatoms. The summed E-state index contributed by atoms with van der Waals surface area (Å²) in [5.41, 5.74) is 0.742. The quantitative estimate of drug-likeness (QED) is 0.614. The first kappa shape index (κ1) is 17.6. The van der Waals surface area contributed by atoms with Gasteiger partial charge in [-0.05, 0) is 25.0 Å². The van der Waals surface area contributed by atoms with E-state index in [0.717, 1.165) is 5.69 Å². The van der Waals surface area contributed by atoms with Crippen LogP contribution in [0.3, 0.4) is 0 Å². The second-order valence-corrected chi connectivity index (χ2v) is 5.34. The van der Waals surface area contributed by atoms with Crippen LogP contribution in [0, 0.1) is 0 Å². The van der Waals surface area contributed by atoms with E-state index in [0.29, 0.717) is 38.2 Å². The van der Waals surface area contributed by atoms with Crippen LogP contribution in [0.2, 0.25) is 0 Å². The third-order valence-corrected chi connectivity index (χ3v) is 3.51. The number of aliphatic carboxylic acids is 1. The molecule has 1 heterocycles. The molecule has 24 heavy (non-hydrogen) atoms. The van der Waals surface area contributed by atoms with Crippen LogP contribution < -0.4 is 20.3 Å². The van der Waals surface area contributed by atoms with Gasteiger partial charge in [-0.15, -0.1) is 0 Å². The minimum absolute atomic E-state index is 0.0223. The van der Waals surface area contributed by atoms with Crippen molar-refractivity contribution >= 4 is 23.6 Å². The second kappa shape index (κ2) is 8.76. The first-order chi connectivity index (χ1) is 11.6. The molecule has 0 aromatic heterocycles. The van der Waals surface area contributed by atoms with Crippen molar-refractivity contribution in [2.45, 2.75) is 19.3 Å². The van der Waals surface area contributed by atoms with E-state index in [1.165, 1.54) is 0 Å². The van der Waals surface area contributed by atoms with E-state index in [9.17, 15) is 14.4 Å². The Balaban J connectivity index is 1.68. The van der Waals surface area contributed by atoms with Crippen molar-refractivity contribution in [3.8, 4) is 5.75 Å². The van der Waals surface area contributed by atoms with Crippen molar-refractivity contribution in [3.63, 3.8) is 0 Å². The van der Waals surface area contributed by atoms with Crippen molar-refractivity contribution < 1.29 is 24.2 Å². The van der Waals surface area contributed by atoms with Gasteiger partial charge >= 0.3 is 12.0 Å². The molecule has 0 aliphatic carbocycles. The summed E-state index contributed by atoms with van der Waals surface area (Å²) < 4.78 is 5.37. The lowest BCUT2D eigenvalue weighted by Crippen LogP contribution is -2.41. The Hall–Kier alpha value is -2.77. The molecular weight excluding hydrogens is 314 g/mol. The number of hydrogen-bond acceptors (Lipinski definition) is 4. The van der Waals surface area contributed by atoms with Gasteiger partial charge in [0.15, 0.2) is 6.61 Å². The van der Waals surface area contributed by atoms with Crippen LogP contribution in [0.1, 0.15) is 19.3 Å². The number of rotatable bonds is 8. The minimum atomic E-state index is -0.882. The standard InChI is InChI=1S/C16H21N3O5/c20-14-11-24-13-6-2-1-5-12(13)19(14)10-4-9-18-16(23)17-8-3-7-15(21)22/h1-2,5-6H,3-4,7-11H2,(H,21,22)(H2,17,18,23). The predicted octanol–water partition coefficient (Wildman–Crippen LogP) is 0.966. The number of carbonyl (C=O) groups is 3. The smallest absolute Gasteiger partial charge is 0.314 e. The van der Waals surface area contributed by atoms with Crippen LogP contribution >= 0.6 is 0 Å². The normalized spacial score (nSPS) is 13.0. The van der Waals surface area contributed by atoms with Gasteiger partial charge in [-0.1, -0.05) is 12.1 Å². The molecule has 0 saturated heterocycles. The zero-order valence-electron chi connectivity index (χ0n) is 13.3. The number of amides is 3. The van der Waals surface area contributed by atoms with Crippen LogP contribution in [-0.2, 0) is 9.59 Å². The summed E-state index contributed by atoms with van der Waals surface area (Å²) in [4.78, 5) is 35.5. The number of urea groups is 1. The highest BCUT2D eigenvalue weighted by Gasteiger charge is 2.24.